The van der Waals surface area contributed by atoms with Crippen molar-refractivity contribution in [2.75, 3.05) is 0 Å². The summed E-state index contributed by atoms with van der Waals surface area (Å²) in [5.41, 5.74) is 1.58. The highest BCUT2D eigenvalue weighted by atomic mass is 32.1. The summed E-state index contributed by atoms with van der Waals surface area (Å²) in [6.07, 6.45) is 2.08. The smallest absolute Gasteiger partial charge is 0.258 e. The molecule has 0 unspecified atom stereocenters. The number of aromatic nitrogens is 3. The van der Waals surface area contributed by atoms with Crippen molar-refractivity contribution in [3.05, 3.63) is 39.6 Å². The molecule has 6 heteroatoms. The van der Waals surface area contributed by atoms with Crippen molar-refractivity contribution in [2.45, 2.75) is 13.3 Å². The lowest BCUT2D eigenvalue weighted by Crippen LogP contribution is -2.14. The Kier molecular flexibility index (Phi) is 2.79. The van der Waals surface area contributed by atoms with Crippen LogP contribution in [-0.2, 0) is 6.42 Å². The lowest BCUT2D eigenvalue weighted by Gasteiger charge is -2.04. The minimum atomic E-state index is -0.309. The van der Waals surface area contributed by atoms with Crippen LogP contribution >= 0.6 is 11.3 Å². The molecule has 0 bridgehead atoms. The molecule has 0 fully saturated rings. The van der Waals surface area contributed by atoms with Crippen molar-refractivity contribution >= 4 is 21.6 Å². The van der Waals surface area contributed by atoms with Crippen molar-refractivity contribution in [3.63, 3.8) is 0 Å². The molecule has 0 aliphatic rings. The molecule has 19 heavy (non-hydrogen) atoms. The molecule has 3 aromatic rings. The Balaban J connectivity index is 2.18. The van der Waals surface area contributed by atoms with E-state index in [2.05, 4.69) is 15.0 Å². The van der Waals surface area contributed by atoms with E-state index in [1.54, 1.807) is 24.5 Å². The zero-order chi connectivity index (χ0) is 13.4. The van der Waals surface area contributed by atoms with E-state index in [0.717, 1.165) is 10.2 Å². The molecule has 0 aliphatic heterocycles. The van der Waals surface area contributed by atoms with E-state index in [1.165, 1.54) is 0 Å². The third kappa shape index (κ3) is 2.00. The van der Waals surface area contributed by atoms with Gasteiger partial charge in [0.2, 0.25) is 5.88 Å². The zero-order valence-corrected chi connectivity index (χ0v) is 11.0. The molecular weight excluding hydrogens is 262 g/mol. The van der Waals surface area contributed by atoms with Crippen molar-refractivity contribution in [1.29, 1.82) is 0 Å². The highest BCUT2D eigenvalue weighted by molar-refractivity contribution is 7.17. The van der Waals surface area contributed by atoms with Gasteiger partial charge in [-0.15, -0.1) is 11.3 Å². The maximum absolute atomic E-state index is 11.8. The molecule has 0 aliphatic carbocycles. The van der Waals surface area contributed by atoms with Gasteiger partial charge in [0.25, 0.3) is 5.56 Å². The number of aromatic amines is 1. The SMILES string of the molecule is CCc1c(O)nc(-c2cnc3ccsc3c2)[nH]c1=O. The van der Waals surface area contributed by atoms with Crippen molar-refractivity contribution < 1.29 is 5.11 Å². The van der Waals surface area contributed by atoms with Crippen LogP contribution < -0.4 is 5.56 Å². The quantitative estimate of drug-likeness (QED) is 0.751. The molecule has 0 spiro atoms. The number of pyridine rings is 1. The van der Waals surface area contributed by atoms with Crippen LogP contribution in [0.5, 0.6) is 5.88 Å². The fraction of sp³-hybridized carbons (Fsp3) is 0.154. The molecule has 2 N–H and O–H groups in total. The van der Waals surface area contributed by atoms with E-state index in [4.69, 9.17) is 0 Å². The van der Waals surface area contributed by atoms with Crippen LogP contribution in [0.2, 0.25) is 0 Å². The maximum Gasteiger partial charge on any atom is 0.258 e. The fourth-order valence-corrected chi connectivity index (χ4v) is 2.70. The zero-order valence-electron chi connectivity index (χ0n) is 10.2. The van der Waals surface area contributed by atoms with E-state index in [-0.39, 0.29) is 11.4 Å². The third-order valence-corrected chi connectivity index (χ3v) is 3.78. The van der Waals surface area contributed by atoms with Gasteiger partial charge in [0.15, 0.2) is 0 Å². The number of aromatic hydroxyl groups is 1. The first kappa shape index (κ1) is 11.9. The minimum absolute atomic E-state index is 0.215. The number of rotatable bonds is 2. The Morgan fingerprint density at radius 3 is 3.05 bits per heavy atom. The number of thiophene rings is 1. The molecule has 0 amide bonds. The van der Waals surface area contributed by atoms with Crippen LogP contribution in [-0.4, -0.2) is 20.1 Å². The molecular formula is C13H11N3O2S. The monoisotopic (exact) mass is 273 g/mol. The number of hydrogen-bond donors (Lipinski definition) is 2. The van der Waals surface area contributed by atoms with Crippen LogP contribution in [0.25, 0.3) is 21.6 Å². The molecule has 0 atom stereocenters. The summed E-state index contributed by atoms with van der Waals surface area (Å²) in [6, 6.07) is 3.83. The van der Waals surface area contributed by atoms with Gasteiger partial charge < -0.3 is 10.1 Å². The van der Waals surface area contributed by atoms with Gasteiger partial charge in [-0.3, -0.25) is 9.78 Å². The molecule has 96 valence electrons. The third-order valence-electron chi connectivity index (χ3n) is 2.92. The lowest BCUT2D eigenvalue weighted by atomic mass is 10.2. The van der Waals surface area contributed by atoms with Crippen molar-refractivity contribution in [3.8, 4) is 17.3 Å². The Labute approximate surface area is 112 Å². The number of hydrogen-bond acceptors (Lipinski definition) is 5. The number of nitrogens with zero attached hydrogens (tertiary/aromatic N) is 2. The average Bonchev–Trinajstić information content (AvgIpc) is 2.85. The van der Waals surface area contributed by atoms with Gasteiger partial charge in [0.1, 0.15) is 5.82 Å². The summed E-state index contributed by atoms with van der Waals surface area (Å²) in [5.74, 6) is 0.120. The first-order valence-corrected chi connectivity index (χ1v) is 6.72. The summed E-state index contributed by atoms with van der Waals surface area (Å²) >= 11 is 1.57. The maximum atomic E-state index is 11.8. The predicted octanol–water partition coefficient (Wildman–Crippen LogP) is 2.31. The molecule has 3 aromatic heterocycles. The van der Waals surface area contributed by atoms with E-state index in [1.807, 2.05) is 17.5 Å². The largest absolute Gasteiger partial charge is 0.493 e. The fourth-order valence-electron chi connectivity index (χ4n) is 1.92. The van der Waals surface area contributed by atoms with Gasteiger partial charge in [-0.25, -0.2) is 0 Å². The average molecular weight is 273 g/mol. The second-order valence-corrected chi connectivity index (χ2v) is 5.05. The molecule has 5 nitrogen and oxygen atoms in total. The van der Waals surface area contributed by atoms with Gasteiger partial charge in [0.05, 0.1) is 15.8 Å². The Morgan fingerprint density at radius 1 is 1.47 bits per heavy atom. The van der Waals surface area contributed by atoms with E-state index in [0.29, 0.717) is 23.4 Å². The summed E-state index contributed by atoms with van der Waals surface area (Å²) in [6.45, 7) is 1.80. The molecule has 0 saturated carbocycles. The summed E-state index contributed by atoms with van der Waals surface area (Å²) in [7, 11) is 0. The standard InChI is InChI=1S/C13H11N3O2S/c1-2-8-12(17)15-11(16-13(8)18)7-5-10-9(14-6-7)3-4-19-10/h3-6H,2H2,1H3,(H2,15,16,17,18). The highest BCUT2D eigenvalue weighted by Crippen LogP contribution is 2.24. The second kappa shape index (κ2) is 4.47. The number of H-pyrrole nitrogens is 1. The highest BCUT2D eigenvalue weighted by Gasteiger charge is 2.11. The molecule has 3 heterocycles. The molecule has 3 rings (SSSR count). The van der Waals surface area contributed by atoms with Gasteiger partial charge in [0, 0.05) is 11.8 Å². The second-order valence-electron chi connectivity index (χ2n) is 4.10. The molecule has 0 aromatic carbocycles. The number of nitrogens with one attached hydrogen (secondary N) is 1. The summed E-state index contributed by atoms with van der Waals surface area (Å²) in [5, 5.41) is 11.7. The Morgan fingerprint density at radius 2 is 2.32 bits per heavy atom. The topological polar surface area (TPSA) is 78.9 Å². The normalized spacial score (nSPS) is 11.0. The van der Waals surface area contributed by atoms with Gasteiger partial charge >= 0.3 is 0 Å². The first-order valence-electron chi connectivity index (χ1n) is 5.85. The van der Waals surface area contributed by atoms with E-state index < -0.39 is 0 Å². The van der Waals surface area contributed by atoms with Gasteiger partial charge in [-0.05, 0) is 23.9 Å². The van der Waals surface area contributed by atoms with Crippen LogP contribution in [0.1, 0.15) is 12.5 Å². The van der Waals surface area contributed by atoms with Crippen LogP contribution in [0, 0.1) is 0 Å². The Hall–Kier alpha value is -2.21. The van der Waals surface area contributed by atoms with Crippen molar-refractivity contribution in [2.24, 2.45) is 0 Å². The van der Waals surface area contributed by atoms with E-state index >= 15 is 0 Å². The first-order chi connectivity index (χ1) is 9.19. The lowest BCUT2D eigenvalue weighted by molar-refractivity contribution is 0.444. The van der Waals surface area contributed by atoms with Gasteiger partial charge in [-0.2, -0.15) is 4.98 Å². The van der Waals surface area contributed by atoms with Crippen LogP contribution in [0.15, 0.2) is 28.5 Å². The number of fused-ring (bicyclic) bond motifs is 1. The Bertz CT molecular complexity index is 807. The summed E-state index contributed by atoms with van der Waals surface area (Å²) < 4.78 is 1.01. The predicted molar refractivity (Wildman–Crippen MR) is 74.5 cm³/mol. The minimum Gasteiger partial charge on any atom is -0.493 e. The van der Waals surface area contributed by atoms with Gasteiger partial charge in [-0.1, -0.05) is 6.92 Å². The van der Waals surface area contributed by atoms with E-state index in [9.17, 15) is 9.90 Å². The van der Waals surface area contributed by atoms with Crippen LogP contribution in [0.4, 0.5) is 0 Å². The van der Waals surface area contributed by atoms with Crippen LogP contribution in [0.3, 0.4) is 0 Å². The molecule has 0 saturated heterocycles. The summed E-state index contributed by atoms with van der Waals surface area (Å²) in [4.78, 5) is 22.8. The van der Waals surface area contributed by atoms with Crippen molar-refractivity contribution in [1.82, 2.24) is 15.0 Å². The molecule has 0 radical (unpaired) electrons.